The van der Waals surface area contributed by atoms with E-state index in [1.165, 1.54) is 4.88 Å². The summed E-state index contributed by atoms with van der Waals surface area (Å²) < 4.78 is 0. The normalized spacial score (nSPS) is 11.1. The molecule has 6 heteroatoms. The Balaban J connectivity index is 2.41. The van der Waals surface area contributed by atoms with Crippen LogP contribution < -0.4 is 10.6 Å². The van der Waals surface area contributed by atoms with Crippen molar-refractivity contribution in [2.75, 3.05) is 0 Å². The first-order chi connectivity index (χ1) is 8.82. The third-order valence-corrected chi connectivity index (χ3v) is 3.76. The lowest BCUT2D eigenvalue weighted by molar-refractivity contribution is -0.138. The van der Waals surface area contributed by atoms with Crippen LogP contribution in [0.15, 0.2) is 12.1 Å². The van der Waals surface area contributed by atoms with Gasteiger partial charge >= 0.3 is 12.0 Å². The number of rotatable bonds is 6. The number of aryl methyl sites for hydroxylation is 1. The van der Waals surface area contributed by atoms with Gasteiger partial charge in [0.15, 0.2) is 0 Å². The third kappa shape index (κ3) is 5.74. The Morgan fingerprint density at radius 2 is 1.95 bits per heavy atom. The maximum absolute atomic E-state index is 11.7. The largest absolute Gasteiger partial charge is 0.481 e. The molecule has 0 aliphatic rings. The summed E-state index contributed by atoms with van der Waals surface area (Å²) >= 11 is 1.67. The van der Waals surface area contributed by atoms with Crippen molar-refractivity contribution in [3.05, 3.63) is 21.9 Å². The molecule has 1 rings (SSSR count). The molecule has 0 aromatic carbocycles. The van der Waals surface area contributed by atoms with Gasteiger partial charge in [-0.25, -0.2) is 4.79 Å². The molecule has 0 atom stereocenters. The fourth-order valence-electron chi connectivity index (χ4n) is 1.65. The number of carbonyl (C=O) groups excluding carboxylic acids is 1. The Hall–Kier alpha value is -1.56. The maximum Gasteiger partial charge on any atom is 0.315 e. The smallest absolute Gasteiger partial charge is 0.315 e. The number of hydrogen-bond donors (Lipinski definition) is 3. The van der Waals surface area contributed by atoms with Gasteiger partial charge in [0.2, 0.25) is 0 Å². The van der Waals surface area contributed by atoms with Gasteiger partial charge in [-0.2, -0.15) is 0 Å². The standard InChI is InChI=1S/C13H20N2O3S/c1-4-9-5-6-10(19-9)8-14-12(18)15-13(2,3)7-11(16)17/h5-6H,4,7-8H2,1-3H3,(H,16,17)(H2,14,15,18). The average molecular weight is 284 g/mol. The molecule has 1 heterocycles. The van der Waals surface area contributed by atoms with Crippen molar-refractivity contribution in [1.29, 1.82) is 0 Å². The molecule has 5 nitrogen and oxygen atoms in total. The first-order valence-electron chi connectivity index (χ1n) is 6.18. The van der Waals surface area contributed by atoms with Gasteiger partial charge in [0, 0.05) is 15.3 Å². The molecular weight excluding hydrogens is 264 g/mol. The summed E-state index contributed by atoms with van der Waals surface area (Å²) in [7, 11) is 0. The number of urea groups is 1. The Morgan fingerprint density at radius 1 is 1.32 bits per heavy atom. The summed E-state index contributed by atoms with van der Waals surface area (Å²) in [5.74, 6) is -0.934. The number of carboxylic acid groups (broad SMARTS) is 1. The molecule has 2 amide bonds. The lowest BCUT2D eigenvalue weighted by Gasteiger charge is -2.24. The molecule has 0 aliphatic carbocycles. The lowest BCUT2D eigenvalue weighted by atomic mass is 10.0. The van der Waals surface area contributed by atoms with E-state index in [9.17, 15) is 9.59 Å². The predicted octanol–water partition coefficient (Wildman–Crippen LogP) is 2.36. The minimum atomic E-state index is -0.934. The highest BCUT2D eigenvalue weighted by molar-refractivity contribution is 7.11. The van der Waals surface area contributed by atoms with Crippen molar-refractivity contribution in [2.24, 2.45) is 0 Å². The highest BCUT2D eigenvalue weighted by Crippen LogP contribution is 2.16. The van der Waals surface area contributed by atoms with E-state index in [0.29, 0.717) is 6.54 Å². The zero-order chi connectivity index (χ0) is 14.5. The quantitative estimate of drug-likeness (QED) is 0.750. The van der Waals surface area contributed by atoms with Crippen molar-refractivity contribution < 1.29 is 14.7 Å². The van der Waals surface area contributed by atoms with Crippen LogP contribution in [0.5, 0.6) is 0 Å². The van der Waals surface area contributed by atoms with E-state index < -0.39 is 11.5 Å². The van der Waals surface area contributed by atoms with Gasteiger partial charge in [0.1, 0.15) is 0 Å². The second-order valence-electron chi connectivity index (χ2n) is 4.98. The molecule has 0 saturated heterocycles. The van der Waals surface area contributed by atoms with Crippen LogP contribution in [0.2, 0.25) is 0 Å². The zero-order valence-electron chi connectivity index (χ0n) is 11.4. The van der Waals surface area contributed by atoms with Gasteiger partial charge < -0.3 is 15.7 Å². The third-order valence-electron chi connectivity index (χ3n) is 2.53. The Labute approximate surface area is 117 Å². The number of hydrogen-bond acceptors (Lipinski definition) is 3. The number of nitrogens with one attached hydrogen (secondary N) is 2. The van der Waals surface area contributed by atoms with Crippen molar-refractivity contribution >= 4 is 23.3 Å². The van der Waals surface area contributed by atoms with Crippen LogP contribution in [-0.4, -0.2) is 22.6 Å². The second kappa shape index (κ2) is 6.56. The van der Waals surface area contributed by atoms with E-state index in [1.807, 2.05) is 12.1 Å². The summed E-state index contributed by atoms with van der Waals surface area (Å²) in [6.45, 7) is 5.91. The summed E-state index contributed by atoms with van der Waals surface area (Å²) in [5, 5.41) is 14.1. The molecular formula is C13H20N2O3S. The van der Waals surface area contributed by atoms with Gasteiger partial charge in [0.05, 0.1) is 13.0 Å². The molecule has 0 aliphatic heterocycles. The van der Waals surface area contributed by atoms with Crippen LogP contribution in [0.25, 0.3) is 0 Å². The van der Waals surface area contributed by atoms with Crippen molar-refractivity contribution in [3.63, 3.8) is 0 Å². The van der Waals surface area contributed by atoms with Gasteiger partial charge in [-0.3, -0.25) is 4.79 Å². The second-order valence-corrected chi connectivity index (χ2v) is 6.24. The van der Waals surface area contributed by atoms with Crippen molar-refractivity contribution in [2.45, 2.75) is 45.7 Å². The number of aliphatic carboxylic acids is 1. The summed E-state index contributed by atoms with van der Waals surface area (Å²) in [6.07, 6.45) is 0.877. The highest BCUT2D eigenvalue weighted by Gasteiger charge is 2.23. The molecule has 0 radical (unpaired) electrons. The van der Waals surface area contributed by atoms with Crippen LogP contribution in [0.1, 0.15) is 36.9 Å². The lowest BCUT2D eigenvalue weighted by Crippen LogP contribution is -2.49. The van der Waals surface area contributed by atoms with Gasteiger partial charge in [-0.15, -0.1) is 11.3 Å². The first-order valence-corrected chi connectivity index (χ1v) is 6.99. The summed E-state index contributed by atoms with van der Waals surface area (Å²) in [6, 6.07) is 3.69. The number of carboxylic acids is 1. The summed E-state index contributed by atoms with van der Waals surface area (Å²) in [4.78, 5) is 24.7. The Kier molecular flexibility index (Phi) is 5.35. The highest BCUT2D eigenvalue weighted by atomic mass is 32.1. The monoisotopic (exact) mass is 284 g/mol. The molecule has 0 spiro atoms. The van der Waals surface area contributed by atoms with Crippen molar-refractivity contribution in [3.8, 4) is 0 Å². The predicted molar refractivity (Wildman–Crippen MR) is 75.4 cm³/mol. The Morgan fingerprint density at radius 3 is 2.47 bits per heavy atom. The van der Waals surface area contributed by atoms with E-state index in [4.69, 9.17) is 5.11 Å². The van der Waals surface area contributed by atoms with Gasteiger partial charge in [-0.1, -0.05) is 6.92 Å². The minimum absolute atomic E-state index is 0.112. The molecule has 0 bridgehead atoms. The van der Waals surface area contributed by atoms with E-state index >= 15 is 0 Å². The van der Waals surface area contributed by atoms with Crippen LogP contribution >= 0.6 is 11.3 Å². The molecule has 3 N–H and O–H groups in total. The first kappa shape index (κ1) is 15.5. The SMILES string of the molecule is CCc1ccc(CNC(=O)NC(C)(C)CC(=O)O)s1. The molecule has 0 unspecified atom stereocenters. The van der Waals surface area contributed by atoms with Crippen LogP contribution in [0.4, 0.5) is 4.79 Å². The average Bonchev–Trinajstić information content (AvgIpc) is 2.71. The van der Waals surface area contributed by atoms with Crippen LogP contribution in [-0.2, 0) is 17.8 Å². The van der Waals surface area contributed by atoms with E-state index in [-0.39, 0.29) is 12.5 Å². The van der Waals surface area contributed by atoms with Gasteiger partial charge in [-0.05, 0) is 32.4 Å². The topological polar surface area (TPSA) is 78.4 Å². The van der Waals surface area contributed by atoms with E-state index in [2.05, 4.69) is 17.6 Å². The molecule has 0 fully saturated rings. The van der Waals surface area contributed by atoms with Crippen molar-refractivity contribution in [1.82, 2.24) is 10.6 Å². The molecule has 19 heavy (non-hydrogen) atoms. The minimum Gasteiger partial charge on any atom is -0.481 e. The number of carbonyl (C=O) groups is 2. The summed E-state index contributed by atoms with van der Waals surface area (Å²) in [5.41, 5.74) is -0.764. The number of amides is 2. The maximum atomic E-state index is 11.7. The van der Waals surface area contributed by atoms with Crippen LogP contribution in [0.3, 0.4) is 0 Å². The molecule has 1 aromatic rings. The number of thiophene rings is 1. The fourth-order valence-corrected chi connectivity index (χ4v) is 2.55. The molecule has 106 valence electrons. The zero-order valence-corrected chi connectivity index (χ0v) is 12.3. The Bertz CT molecular complexity index is 454. The van der Waals surface area contributed by atoms with E-state index in [0.717, 1.165) is 11.3 Å². The molecule has 0 saturated carbocycles. The fraction of sp³-hybridized carbons (Fsp3) is 0.538. The van der Waals surface area contributed by atoms with Gasteiger partial charge in [0.25, 0.3) is 0 Å². The van der Waals surface area contributed by atoms with Crippen LogP contribution in [0, 0.1) is 0 Å². The molecule has 1 aromatic heterocycles. The van der Waals surface area contributed by atoms with E-state index in [1.54, 1.807) is 25.2 Å².